The third-order valence-corrected chi connectivity index (χ3v) is 5.66. The van der Waals surface area contributed by atoms with Crippen LogP contribution in [0.15, 0.2) is 114 Å². The molecular weight excluding hydrogens is 478 g/mol. The van der Waals surface area contributed by atoms with Crippen molar-refractivity contribution in [2.75, 3.05) is 5.32 Å². The topological polar surface area (TPSA) is 62.3 Å². The van der Waals surface area contributed by atoms with Gasteiger partial charge in [0.05, 0.1) is 0 Å². The van der Waals surface area contributed by atoms with E-state index in [4.69, 9.17) is 0 Å². The third kappa shape index (κ3) is 5.73. The van der Waals surface area contributed by atoms with Crippen LogP contribution in [-0.2, 0) is 11.3 Å². The molecule has 0 unspecified atom stereocenters. The van der Waals surface area contributed by atoms with Crippen molar-refractivity contribution in [3.05, 3.63) is 131 Å². The predicted octanol–water partition coefficient (Wildman–Crippen LogP) is 5.87. The summed E-state index contributed by atoms with van der Waals surface area (Å²) in [7, 11) is 0. The normalized spacial score (nSPS) is 11.4. The first-order chi connectivity index (χ1) is 16.1. The first kappa shape index (κ1) is 22.4. The van der Waals surface area contributed by atoms with E-state index in [-0.39, 0.29) is 24.1 Å². The summed E-state index contributed by atoms with van der Waals surface area (Å²) in [5, 5.41) is 2.97. The zero-order valence-electron chi connectivity index (χ0n) is 17.8. The van der Waals surface area contributed by atoms with Crippen LogP contribution in [0.3, 0.4) is 0 Å². The number of aromatic nitrogens is 1. The molecule has 0 bridgehead atoms. The van der Waals surface area contributed by atoms with E-state index in [0.29, 0.717) is 11.3 Å². The van der Waals surface area contributed by atoms with Gasteiger partial charge in [0.2, 0.25) is 0 Å². The summed E-state index contributed by atoms with van der Waals surface area (Å²) in [6.45, 7) is 0.254. The van der Waals surface area contributed by atoms with E-state index in [9.17, 15) is 9.59 Å². The summed E-state index contributed by atoms with van der Waals surface area (Å²) in [6, 6.07) is 30.6. The molecule has 0 saturated heterocycles. The van der Waals surface area contributed by atoms with Crippen LogP contribution >= 0.6 is 15.9 Å². The van der Waals surface area contributed by atoms with Crippen LogP contribution in [0.25, 0.3) is 0 Å². The van der Waals surface area contributed by atoms with Crippen LogP contribution in [0, 0.1) is 0 Å². The molecule has 0 fully saturated rings. The maximum atomic E-state index is 13.6. The van der Waals surface area contributed by atoms with Gasteiger partial charge in [-0.15, -0.1) is 0 Å². The van der Waals surface area contributed by atoms with Crippen LogP contribution in [0.1, 0.15) is 27.7 Å². The molecule has 0 spiro atoms. The number of nitrogens with zero attached hydrogens (tertiary/aromatic N) is 2. The fraction of sp³-hybridized carbons (Fsp3) is 0.0741. The molecule has 0 aliphatic rings. The van der Waals surface area contributed by atoms with E-state index in [0.717, 1.165) is 10.0 Å². The zero-order valence-corrected chi connectivity index (χ0v) is 19.4. The maximum Gasteiger partial charge on any atom is 0.273 e. The van der Waals surface area contributed by atoms with Crippen molar-refractivity contribution < 1.29 is 9.59 Å². The zero-order chi connectivity index (χ0) is 23.0. The van der Waals surface area contributed by atoms with Gasteiger partial charge in [0.1, 0.15) is 11.7 Å². The summed E-state index contributed by atoms with van der Waals surface area (Å²) in [5.41, 5.74) is 2.56. The summed E-state index contributed by atoms with van der Waals surface area (Å²) in [5.74, 6) is -0.622. The fourth-order valence-electron chi connectivity index (χ4n) is 3.55. The Kier molecular flexibility index (Phi) is 7.27. The number of amides is 2. The average Bonchev–Trinajstić information content (AvgIpc) is 2.86. The van der Waals surface area contributed by atoms with Crippen molar-refractivity contribution in [3.8, 4) is 0 Å². The number of carbonyl (C=O) groups is 2. The number of nitrogens with one attached hydrogen (secondary N) is 1. The molecule has 2 amide bonds. The lowest BCUT2D eigenvalue weighted by molar-refractivity contribution is -0.121. The van der Waals surface area contributed by atoms with Crippen LogP contribution < -0.4 is 5.32 Å². The SMILES string of the molecule is O=C(Nc1ccc(Br)cc1)[C@@H](c1ccccc1)N(Cc1ccccc1)C(=O)c1ccccn1. The molecule has 0 saturated carbocycles. The van der Waals surface area contributed by atoms with E-state index < -0.39 is 6.04 Å². The molecule has 3 aromatic carbocycles. The summed E-state index contributed by atoms with van der Waals surface area (Å²) >= 11 is 3.41. The number of benzene rings is 3. The minimum absolute atomic E-state index is 0.254. The average molecular weight is 500 g/mol. The second-order valence-corrected chi connectivity index (χ2v) is 8.36. The van der Waals surface area contributed by atoms with Gasteiger partial charge in [0.25, 0.3) is 11.8 Å². The van der Waals surface area contributed by atoms with Gasteiger partial charge in [-0.1, -0.05) is 82.7 Å². The van der Waals surface area contributed by atoms with Crippen molar-refractivity contribution >= 4 is 33.4 Å². The molecule has 4 aromatic rings. The Morgan fingerprint density at radius 2 is 1.45 bits per heavy atom. The molecule has 1 N–H and O–H groups in total. The lowest BCUT2D eigenvalue weighted by Crippen LogP contribution is -2.41. The molecule has 1 heterocycles. The second-order valence-electron chi connectivity index (χ2n) is 7.44. The number of halogens is 1. The smallest absolute Gasteiger partial charge is 0.273 e. The standard InChI is InChI=1S/C27H22BrN3O2/c28-22-14-16-23(17-15-22)30-26(32)25(21-11-5-2-6-12-21)31(19-20-9-3-1-4-10-20)27(33)24-13-7-8-18-29-24/h1-18,25H,19H2,(H,30,32)/t25-/m1/s1. The largest absolute Gasteiger partial charge is 0.324 e. The number of carbonyl (C=O) groups excluding carboxylic acids is 2. The van der Waals surface area contributed by atoms with Crippen molar-refractivity contribution in [1.29, 1.82) is 0 Å². The minimum atomic E-state index is -0.857. The Morgan fingerprint density at radius 3 is 2.09 bits per heavy atom. The molecule has 6 heteroatoms. The van der Waals surface area contributed by atoms with E-state index >= 15 is 0 Å². The Labute approximate surface area is 201 Å². The number of anilines is 1. The van der Waals surface area contributed by atoms with Gasteiger partial charge in [-0.25, -0.2) is 0 Å². The summed E-state index contributed by atoms with van der Waals surface area (Å²) < 4.78 is 0.913. The Bertz CT molecular complexity index is 1200. The highest BCUT2D eigenvalue weighted by Gasteiger charge is 2.32. The van der Waals surface area contributed by atoms with Gasteiger partial charge in [-0.05, 0) is 47.5 Å². The molecule has 0 radical (unpaired) electrons. The third-order valence-electron chi connectivity index (χ3n) is 5.13. The maximum absolute atomic E-state index is 13.6. The van der Waals surface area contributed by atoms with Crippen LogP contribution in [-0.4, -0.2) is 21.7 Å². The Balaban J connectivity index is 1.75. The quantitative estimate of drug-likeness (QED) is 0.346. The van der Waals surface area contributed by atoms with Crippen molar-refractivity contribution in [1.82, 2.24) is 9.88 Å². The van der Waals surface area contributed by atoms with E-state index in [1.807, 2.05) is 84.9 Å². The summed E-state index contributed by atoms with van der Waals surface area (Å²) in [6.07, 6.45) is 1.58. The highest BCUT2D eigenvalue weighted by molar-refractivity contribution is 9.10. The van der Waals surface area contributed by atoms with Gasteiger partial charge in [0.15, 0.2) is 0 Å². The molecular formula is C27H22BrN3O2. The molecule has 1 aromatic heterocycles. The highest BCUT2D eigenvalue weighted by Crippen LogP contribution is 2.27. The predicted molar refractivity (Wildman–Crippen MR) is 133 cm³/mol. The van der Waals surface area contributed by atoms with Crippen LogP contribution in [0.5, 0.6) is 0 Å². The first-order valence-corrected chi connectivity index (χ1v) is 11.3. The monoisotopic (exact) mass is 499 g/mol. The molecule has 1 atom stereocenters. The molecule has 33 heavy (non-hydrogen) atoms. The first-order valence-electron chi connectivity index (χ1n) is 10.5. The van der Waals surface area contributed by atoms with E-state index in [1.165, 1.54) is 0 Å². The lowest BCUT2D eigenvalue weighted by atomic mass is 10.0. The van der Waals surface area contributed by atoms with Gasteiger partial charge >= 0.3 is 0 Å². The van der Waals surface area contributed by atoms with Gasteiger partial charge in [-0.2, -0.15) is 0 Å². The van der Waals surface area contributed by atoms with Crippen LogP contribution in [0.4, 0.5) is 5.69 Å². The molecule has 0 aliphatic carbocycles. The second kappa shape index (κ2) is 10.7. The van der Waals surface area contributed by atoms with Crippen molar-refractivity contribution in [2.45, 2.75) is 12.6 Å². The number of rotatable bonds is 7. The van der Waals surface area contributed by atoms with Crippen LogP contribution in [0.2, 0.25) is 0 Å². The number of pyridine rings is 1. The highest BCUT2D eigenvalue weighted by atomic mass is 79.9. The van der Waals surface area contributed by atoms with Gasteiger partial charge in [-0.3, -0.25) is 14.6 Å². The Hall–Kier alpha value is -3.77. The fourth-order valence-corrected chi connectivity index (χ4v) is 3.81. The molecule has 5 nitrogen and oxygen atoms in total. The van der Waals surface area contributed by atoms with Crippen molar-refractivity contribution in [3.63, 3.8) is 0 Å². The minimum Gasteiger partial charge on any atom is -0.324 e. The van der Waals surface area contributed by atoms with Gasteiger partial charge < -0.3 is 10.2 Å². The molecule has 164 valence electrons. The van der Waals surface area contributed by atoms with Gasteiger partial charge in [0, 0.05) is 22.9 Å². The molecule has 0 aliphatic heterocycles. The number of hydrogen-bond donors (Lipinski definition) is 1. The number of hydrogen-bond acceptors (Lipinski definition) is 3. The van der Waals surface area contributed by atoms with E-state index in [1.54, 1.807) is 29.3 Å². The Morgan fingerprint density at radius 1 is 0.818 bits per heavy atom. The lowest BCUT2D eigenvalue weighted by Gasteiger charge is -2.31. The molecule has 4 rings (SSSR count). The van der Waals surface area contributed by atoms with Crippen molar-refractivity contribution in [2.24, 2.45) is 0 Å². The van der Waals surface area contributed by atoms with E-state index in [2.05, 4.69) is 26.2 Å². The summed E-state index contributed by atoms with van der Waals surface area (Å²) in [4.78, 5) is 33.1.